The number of nitrogens with one attached hydrogen (secondary N) is 3. The van der Waals surface area contributed by atoms with Gasteiger partial charge in [-0.1, -0.05) is 4.98 Å². The molecule has 3 fully saturated rings. The summed E-state index contributed by atoms with van der Waals surface area (Å²) >= 11 is 0. The van der Waals surface area contributed by atoms with Crippen LogP contribution in [0.15, 0.2) is 34.9 Å². The third-order valence-corrected chi connectivity index (χ3v) is 18.9. The molecule has 3 saturated heterocycles. The van der Waals surface area contributed by atoms with Gasteiger partial charge in [0.05, 0.1) is 45.6 Å². The standard InChI is InChI=1S/C36H50N16O23P4/c1-13(53)40-5-14-15(71-33(23(14)66-3)52-12-49(2)20-29(52)46-36(39)48-31(20)57)6-69-77(60,61)74-79(64,65)75-78(62,63)70-8-17-25(24(67-4)34(73-17)50-10-43-18-26(37)41-9-42-27(18)50)76(58,59)68-7-16-21(54)22(55)32(72-16)51-11-44-19-28(51)45-35(38)47-30(19)56/h9-12,14-17,21-25,32-34,54-55H,5-8H2,1-4H3,(H12-,37,38,39,40,41,42,45,46,47,48,53,56,57,58,59,60,61,62,63,64,65)/p+1/t14-,15-,16-,17-,21-,22-,23-,24-,25-,32-,33-,34-/m1/s1. The van der Waals surface area contributed by atoms with Crippen LogP contribution in [0.5, 0.6) is 0 Å². The third kappa shape index (κ3) is 11.7. The highest BCUT2D eigenvalue weighted by molar-refractivity contribution is 7.66. The van der Waals surface area contributed by atoms with Crippen LogP contribution in [-0.2, 0) is 76.0 Å². The summed E-state index contributed by atoms with van der Waals surface area (Å²) in [4.78, 5) is 110. The van der Waals surface area contributed by atoms with Crippen molar-refractivity contribution in [1.29, 1.82) is 0 Å². The average Bonchev–Trinajstić information content (AvgIpc) is 4.36. The number of aliphatic hydroxyl groups excluding tert-OH is 2. The molecule has 0 bridgehead atoms. The van der Waals surface area contributed by atoms with Gasteiger partial charge in [-0.05, 0) is 0 Å². The number of imidazole rings is 3. The van der Waals surface area contributed by atoms with Crippen molar-refractivity contribution >= 4 is 88.2 Å². The van der Waals surface area contributed by atoms with Gasteiger partial charge in [-0.3, -0.25) is 51.7 Å². The van der Waals surface area contributed by atoms with Crippen molar-refractivity contribution < 1.29 is 103 Å². The lowest BCUT2D eigenvalue weighted by molar-refractivity contribution is -0.746. The first-order valence-electron chi connectivity index (χ1n) is 22.8. The molecule has 39 nitrogen and oxygen atoms in total. The molecule has 9 heterocycles. The van der Waals surface area contributed by atoms with E-state index in [4.69, 9.17) is 54.5 Å². The molecule has 3 aliphatic heterocycles. The predicted octanol–water partition coefficient (Wildman–Crippen LogP) is -3.60. The second kappa shape index (κ2) is 22.0. The molecule has 1 amide bonds. The van der Waals surface area contributed by atoms with Gasteiger partial charge < -0.3 is 80.5 Å². The van der Waals surface area contributed by atoms with Gasteiger partial charge in [0.15, 0.2) is 41.4 Å². The van der Waals surface area contributed by atoms with Crippen LogP contribution in [0.1, 0.15) is 25.6 Å². The summed E-state index contributed by atoms with van der Waals surface area (Å²) in [5.74, 6) is -2.08. The van der Waals surface area contributed by atoms with E-state index in [-0.39, 0.29) is 57.8 Å². The predicted molar refractivity (Wildman–Crippen MR) is 259 cm³/mol. The van der Waals surface area contributed by atoms with E-state index in [1.54, 1.807) is 0 Å². The highest BCUT2D eigenvalue weighted by Crippen LogP contribution is 2.68. The smallest absolute Gasteiger partial charge is 0.387 e. The molecular weight excluding hydrogens is 1150 g/mol. The van der Waals surface area contributed by atoms with Gasteiger partial charge in [-0.15, -0.1) is 0 Å². The molecule has 432 valence electrons. The van der Waals surface area contributed by atoms with Crippen LogP contribution in [-0.4, -0.2) is 178 Å². The molecule has 43 heteroatoms. The molecule has 9 rings (SSSR count). The molecule has 0 aromatic carbocycles. The van der Waals surface area contributed by atoms with E-state index >= 15 is 0 Å². The van der Waals surface area contributed by atoms with Crippen LogP contribution in [0.4, 0.5) is 17.7 Å². The highest BCUT2D eigenvalue weighted by Gasteiger charge is 2.58. The van der Waals surface area contributed by atoms with E-state index in [9.17, 15) is 62.4 Å². The molecule has 0 spiro atoms. The fourth-order valence-electron chi connectivity index (χ4n) is 9.36. The molecule has 4 unspecified atom stereocenters. The molecule has 6 aromatic rings. The van der Waals surface area contributed by atoms with Gasteiger partial charge in [0.25, 0.3) is 17.1 Å². The number of carbonyl (C=O) groups excluding carboxylic acids is 1. The summed E-state index contributed by atoms with van der Waals surface area (Å²) < 4.78 is 113. The van der Waals surface area contributed by atoms with Crippen LogP contribution < -0.4 is 38.2 Å². The topological polar surface area (TPSA) is 551 Å². The van der Waals surface area contributed by atoms with Crippen molar-refractivity contribution in [1.82, 2.24) is 58.9 Å². The first-order chi connectivity index (χ1) is 37.1. The van der Waals surface area contributed by atoms with Crippen molar-refractivity contribution in [2.75, 3.05) is 57.8 Å². The number of aliphatic hydroxyl groups is 2. The number of nitrogens with two attached hydrogens (primary N) is 3. The fourth-order valence-corrected chi connectivity index (χ4v) is 14.6. The molecular formula is C36H51N16O23P4+. The monoisotopic (exact) mass is 1200 g/mol. The zero-order chi connectivity index (χ0) is 57.3. The minimum atomic E-state index is -6.22. The Bertz CT molecular complexity index is 3620. The van der Waals surface area contributed by atoms with Crippen molar-refractivity contribution in [3.63, 3.8) is 0 Å². The van der Waals surface area contributed by atoms with Crippen molar-refractivity contribution in [3.05, 3.63) is 46.0 Å². The molecule has 79 heavy (non-hydrogen) atoms. The summed E-state index contributed by atoms with van der Waals surface area (Å²) in [6.07, 6.45) is -10.6. The Morgan fingerprint density at radius 2 is 1.34 bits per heavy atom. The van der Waals surface area contributed by atoms with Crippen molar-refractivity contribution in [3.8, 4) is 0 Å². The third-order valence-electron chi connectivity index (χ3n) is 12.7. The number of H-pyrrole nitrogens is 2. The Morgan fingerprint density at radius 1 is 0.747 bits per heavy atom. The lowest BCUT2D eigenvalue weighted by Gasteiger charge is -2.28. The number of phosphoric acid groups is 3. The maximum absolute atomic E-state index is 14.5. The Morgan fingerprint density at radius 3 is 2.00 bits per heavy atom. The largest absolute Gasteiger partial charge is 0.490 e. The Balaban J connectivity index is 0.897. The maximum atomic E-state index is 14.5. The number of amides is 1. The highest BCUT2D eigenvalue weighted by atomic mass is 31.3. The number of rotatable bonds is 21. The van der Waals surface area contributed by atoms with E-state index < -0.39 is 141 Å². The van der Waals surface area contributed by atoms with E-state index in [1.807, 2.05) is 0 Å². The number of fused-ring (bicyclic) bond motifs is 3. The van der Waals surface area contributed by atoms with Gasteiger partial charge in [0.2, 0.25) is 23.6 Å². The van der Waals surface area contributed by atoms with Gasteiger partial charge in [0, 0.05) is 33.6 Å². The van der Waals surface area contributed by atoms with E-state index in [1.165, 1.54) is 41.1 Å². The van der Waals surface area contributed by atoms with Gasteiger partial charge in [-0.2, -0.15) is 13.6 Å². The van der Waals surface area contributed by atoms with Crippen molar-refractivity contribution in [2.45, 2.75) is 74.0 Å². The first kappa shape index (κ1) is 58.1. The van der Waals surface area contributed by atoms with Crippen LogP contribution >= 0.6 is 31.1 Å². The number of nitrogen functional groups attached to an aromatic ring is 3. The summed E-state index contributed by atoms with van der Waals surface area (Å²) in [6, 6.07) is 0. The van der Waals surface area contributed by atoms with E-state index in [0.29, 0.717) is 0 Å². The van der Waals surface area contributed by atoms with E-state index in [2.05, 4.69) is 53.8 Å². The lowest BCUT2D eigenvalue weighted by atomic mass is 9.98. The van der Waals surface area contributed by atoms with Crippen LogP contribution in [0.25, 0.3) is 33.5 Å². The quantitative estimate of drug-likeness (QED) is 0.0245. The molecule has 0 aliphatic carbocycles. The molecule has 0 radical (unpaired) electrons. The number of ether oxygens (including phenoxy) is 5. The number of hydrogen-bond donors (Lipinski definition) is 12. The number of aromatic nitrogens is 12. The van der Waals surface area contributed by atoms with Gasteiger partial charge in [-0.25, -0.2) is 38.2 Å². The van der Waals surface area contributed by atoms with E-state index in [0.717, 1.165) is 30.7 Å². The minimum absolute atomic E-state index is 0.00278. The van der Waals surface area contributed by atoms with Gasteiger partial charge in [0.1, 0.15) is 54.1 Å². The molecule has 3 aliphatic rings. The van der Waals surface area contributed by atoms with Crippen molar-refractivity contribution in [2.24, 2.45) is 13.0 Å². The molecule has 6 aromatic heterocycles. The molecule has 0 saturated carbocycles. The first-order valence-corrected chi connectivity index (χ1v) is 29.0. The number of anilines is 3. The second-order valence-electron chi connectivity index (χ2n) is 17.8. The fraction of sp³-hybridized carbons (Fsp3) is 0.556. The summed E-state index contributed by atoms with van der Waals surface area (Å²) in [5.41, 5.74) is 13.9. The van der Waals surface area contributed by atoms with Crippen LogP contribution in [0, 0.1) is 5.92 Å². The van der Waals surface area contributed by atoms with Crippen LogP contribution in [0.3, 0.4) is 0 Å². The zero-order valence-corrected chi connectivity index (χ0v) is 44.8. The average molecular weight is 1200 g/mol. The Hall–Kier alpha value is -5.60. The number of carbonyl (C=O) groups is 1. The normalized spacial score (nSPS) is 29.4. The number of methoxy groups -OCH3 is 2. The minimum Gasteiger partial charge on any atom is -0.387 e. The summed E-state index contributed by atoms with van der Waals surface area (Å²) in [7, 11) is -19.5. The number of phosphoric ester groups is 2. The Labute approximate surface area is 440 Å². The second-order valence-corrected chi connectivity index (χ2v) is 24.4. The van der Waals surface area contributed by atoms with Crippen LogP contribution in [0.2, 0.25) is 0 Å². The number of aromatic amines is 2. The zero-order valence-electron chi connectivity index (χ0n) is 41.2. The SMILES string of the molecule is CO[C@@H]1[C@H](P(=O)(O)OC[C@H]2O[C@@H](n3cnc4c(=O)[nH]c(N)nc43)[C@H](O)[C@@H]2O)[C@@H](COP(=O)(O)OP(=O)(O)OP(=O)(O)OC[C@H]2O[C@@H]([n+]3cn(C)c4c(=O)[nH]c(N)nc43)[C@H](OC)[C@@H]2CNC(C)=O)O[C@H]1n1cnc2c(N)ncnc21. The number of hydrogen-bond acceptors (Lipinski definition) is 28. The van der Waals surface area contributed by atoms with Gasteiger partial charge >= 0.3 is 36.7 Å². The maximum Gasteiger partial charge on any atom is 0.490 e. The summed E-state index contributed by atoms with van der Waals surface area (Å²) in [5, 5.41) is 24.6. The number of nitrogens with zero attached hydrogens (tertiary/aromatic N) is 10. The Kier molecular flexibility index (Phi) is 16.2. The molecule has 16 atom stereocenters. The lowest BCUT2D eigenvalue weighted by Crippen LogP contribution is -2.47. The summed E-state index contributed by atoms with van der Waals surface area (Å²) in [6.45, 7) is -2.21. The number of aryl methyl sites for hydroxylation is 1. The molecule has 15 N–H and O–H groups in total.